The highest BCUT2D eigenvalue weighted by Gasteiger charge is 2.18. The Hall–Kier alpha value is -8.86. The lowest BCUT2D eigenvalue weighted by molar-refractivity contribution is 0.670. The fourth-order valence-corrected chi connectivity index (χ4v) is 9.55. The molecule has 308 valence electrons. The summed E-state index contributed by atoms with van der Waals surface area (Å²) in [5.74, 6) is 0.683. The van der Waals surface area contributed by atoms with Crippen LogP contribution in [0.5, 0.6) is 0 Å². The third-order valence-corrected chi connectivity index (χ3v) is 12.9. The lowest BCUT2D eigenvalue weighted by Crippen LogP contribution is -1.96. The summed E-state index contributed by atoms with van der Waals surface area (Å²) in [6.07, 6.45) is 0. The summed E-state index contributed by atoms with van der Waals surface area (Å²) in [6.45, 7) is 0. The second kappa shape index (κ2) is 15.4. The van der Waals surface area contributed by atoms with Crippen molar-refractivity contribution in [3.63, 3.8) is 0 Å². The maximum Gasteiger partial charge on any atom is 0.160 e. The van der Waals surface area contributed by atoms with Gasteiger partial charge in [0.25, 0.3) is 0 Å². The van der Waals surface area contributed by atoms with Gasteiger partial charge in [0.05, 0.1) is 11.4 Å². The number of hydrogen-bond donors (Lipinski definition) is 0. The predicted octanol–water partition coefficient (Wildman–Crippen LogP) is 17.1. The molecule has 66 heavy (non-hydrogen) atoms. The molecular formula is C62H38N2O2. The number of furan rings is 2. The van der Waals surface area contributed by atoms with E-state index in [1.165, 1.54) is 16.3 Å². The first-order valence-electron chi connectivity index (χ1n) is 22.3. The molecule has 0 spiro atoms. The molecule has 0 aliphatic rings. The number of nitrogens with zero attached hydrogens (tertiary/aromatic N) is 2. The molecule has 0 aliphatic heterocycles. The minimum atomic E-state index is 0.683. The van der Waals surface area contributed by atoms with E-state index in [9.17, 15) is 0 Å². The normalized spacial score (nSPS) is 11.6. The van der Waals surface area contributed by atoms with Crippen LogP contribution in [0.1, 0.15) is 0 Å². The summed E-state index contributed by atoms with van der Waals surface area (Å²) in [4.78, 5) is 10.3. The summed E-state index contributed by atoms with van der Waals surface area (Å²) in [5.41, 5.74) is 16.9. The van der Waals surface area contributed by atoms with Crippen molar-refractivity contribution in [2.24, 2.45) is 0 Å². The first kappa shape index (κ1) is 37.7. The van der Waals surface area contributed by atoms with Gasteiger partial charge in [0, 0.05) is 49.4 Å². The molecule has 0 fully saturated rings. The zero-order valence-corrected chi connectivity index (χ0v) is 35.7. The van der Waals surface area contributed by atoms with Crippen LogP contribution in [0.3, 0.4) is 0 Å². The van der Waals surface area contributed by atoms with Gasteiger partial charge in [-0.3, -0.25) is 0 Å². The average Bonchev–Trinajstić information content (AvgIpc) is 3.98. The van der Waals surface area contributed by atoms with Crippen LogP contribution >= 0.6 is 0 Å². The van der Waals surface area contributed by atoms with Crippen molar-refractivity contribution < 1.29 is 8.83 Å². The van der Waals surface area contributed by atoms with Gasteiger partial charge in [-0.25, -0.2) is 9.97 Å². The molecule has 0 unspecified atom stereocenters. The summed E-state index contributed by atoms with van der Waals surface area (Å²) in [5, 5.41) is 6.87. The Labute approximate surface area is 380 Å². The third kappa shape index (κ3) is 6.55. The van der Waals surface area contributed by atoms with Crippen molar-refractivity contribution in [2.45, 2.75) is 0 Å². The van der Waals surface area contributed by atoms with Gasteiger partial charge >= 0.3 is 0 Å². The SMILES string of the molecule is c1ccc(-c2nc(-c3ccc(-c4cc(-c5cccc6c5oc5ccccc56)cc(-c5cccc6c5oc5ccccc56)c4)cc3)cc(-c3ccc(-c4ccc5ccccc5c4)cc3)n2)cc1. The third-order valence-electron chi connectivity index (χ3n) is 12.9. The molecule has 0 bridgehead atoms. The molecule has 3 heterocycles. The Morgan fingerprint density at radius 3 is 1.30 bits per heavy atom. The van der Waals surface area contributed by atoms with Crippen molar-refractivity contribution in [2.75, 3.05) is 0 Å². The van der Waals surface area contributed by atoms with Gasteiger partial charge in [-0.05, 0) is 86.6 Å². The smallest absolute Gasteiger partial charge is 0.160 e. The second-order valence-electron chi connectivity index (χ2n) is 16.9. The summed E-state index contributed by atoms with van der Waals surface area (Å²) < 4.78 is 13.2. The van der Waals surface area contributed by atoms with Crippen molar-refractivity contribution in [3.05, 3.63) is 231 Å². The quantitative estimate of drug-likeness (QED) is 0.160. The van der Waals surface area contributed by atoms with Crippen LogP contribution in [0.2, 0.25) is 0 Å². The molecule has 0 N–H and O–H groups in total. The lowest BCUT2D eigenvalue weighted by atomic mass is 9.91. The summed E-state index contributed by atoms with van der Waals surface area (Å²) >= 11 is 0. The predicted molar refractivity (Wildman–Crippen MR) is 272 cm³/mol. The van der Waals surface area contributed by atoms with Crippen molar-refractivity contribution in [1.29, 1.82) is 0 Å². The standard InChI is InChI=1S/C62H38N2O2/c1-2-13-44(14-3-1)62-63-56(42-29-24-40(25-30-42)46-33-28-39-12-4-5-15-45(39)34-46)38-57(64-62)43-31-26-41(27-32-43)47-35-48(50-18-10-20-54-52-16-6-8-22-58(52)65-60(50)54)37-49(36-47)51-19-11-21-55-53-17-7-9-23-59(53)66-61(51)55/h1-38H. The van der Waals surface area contributed by atoms with Gasteiger partial charge in [0.1, 0.15) is 22.3 Å². The minimum absolute atomic E-state index is 0.683. The highest BCUT2D eigenvalue weighted by molar-refractivity contribution is 6.12. The molecule has 13 rings (SSSR count). The van der Waals surface area contributed by atoms with E-state index >= 15 is 0 Å². The number of aromatic nitrogens is 2. The molecule has 0 atom stereocenters. The Morgan fingerprint density at radius 1 is 0.258 bits per heavy atom. The van der Waals surface area contributed by atoms with Gasteiger partial charge in [0.2, 0.25) is 0 Å². The van der Waals surface area contributed by atoms with Gasteiger partial charge in [-0.1, -0.05) is 188 Å². The van der Waals surface area contributed by atoms with E-state index in [4.69, 9.17) is 18.8 Å². The van der Waals surface area contributed by atoms with Crippen LogP contribution in [0.15, 0.2) is 239 Å². The maximum atomic E-state index is 6.60. The molecule has 0 radical (unpaired) electrons. The molecule has 0 saturated carbocycles. The number of para-hydroxylation sites is 4. The highest BCUT2D eigenvalue weighted by atomic mass is 16.3. The van der Waals surface area contributed by atoms with Gasteiger partial charge in [0.15, 0.2) is 5.82 Å². The lowest BCUT2D eigenvalue weighted by Gasteiger charge is -2.13. The number of benzene rings is 10. The van der Waals surface area contributed by atoms with Crippen LogP contribution in [-0.2, 0) is 0 Å². The van der Waals surface area contributed by atoms with E-state index in [2.05, 4.69) is 188 Å². The van der Waals surface area contributed by atoms with Crippen molar-refractivity contribution >= 4 is 54.6 Å². The van der Waals surface area contributed by atoms with E-state index in [0.717, 1.165) is 111 Å². The van der Waals surface area contributed by atoms with E-state index in [1.54, 1.807) is 0 Å². The summed E-state index contributed by atoms with van der Waals surface area (Å²) in [7, 11) is 0. The fraction of sp³-hybridized carbons (Fsp3) is 0. The maximum absolute atomic E-state index is 6.60. The Bertz CT molecular complexity index is 3840. The fourth-order valence-electron chi connectivity index (χ4n) is 9.55. The van der Waals surface area contributed by atoms with Gasteiger partial charge in [-0.2, -0.15) is 0 Å². The van der Waals surface area contributed by atoms with Crippen LogP contribution in [-0.4, -0.2) is 9.97 Å². The minimum Gasteiger partial charge on any atom is -0.455 e. The Morgan fingerprint density at radius 2 is 0.712 bits per heavy atom. The first-order valence-corrected chi connectivity index (χ1v) is 22.3. The van der Waals surface area contributed by atoms with Gasteiger partial charge < -0.3 is 8.83 Å². The van der Waals surface area contributed by atoms with Crippen LogP contribution in [0.25, 0.3) is 133 Å². The molecular weight excluding hydrogens is 805 g/mol. The molecule has 4 heteroatoms. The Balaban J connectivity index is 0.920. The topological polar surface area (TPSA) is 52.1 Å². The van der Waals surface area contributed by atoms with Gasteiger partial charge in [-0.15, -0.1) is 0 Å². The molecule has 0 amide bonds. The Kier molecular flexibility index (Phi) is 8.81. The number of rotatable bonds is 7. The molecule has 13 aromatic rings. The van der Waals surface area contributed by atoms with Crippen LogP contribution in [0, 0.1) is 0 Å². The summed E-state index contributed by atoms with van der Waals surface area (Å²) in [6, 6.07) is 81.1. The van der Waals surface area contributed by atoms with Crippen molar-refractivity contribution in [3.8, 4) is 78.4 Å². The van der Waals surface area contributed by atoms with Crippen molar-refractivity contribution in [1.82, 2.24) is 9.97 Å². The molecule has 3 aromatic heterocycles. The zero-order chi connectivity index (χ0) is 43.6. The molecule has 0 aliphatic carbocycles. The second-order valence-corrected chi connectivity index (χ2v) is 16.9. The zero-order valence-electron chi connectivity index (χ0n) is 35.7. The molecule has 4 nitrogen and oxygen atoms in total. The number of hydrogen-bond acceptors (Lipinski definition) is 4. The van der Waals surface area contributed by atoms with E-state index in [1.807, 2.05) is 42.5 Å². The monoisotopic (exact) mass is 842 g/mol. The molecule has 10 aromatic carbocycles. The highest BCUT2D eigenvalue weighted by Crippen LogP contribution is 2.42. The largest absolute Gasteiger partial charge is 0.455 e. The van der Waals surface area contributed by atoms with Crippen LogP contribution < -0.4 is 0 Å². The number of fused-ring (bicyclic) bond motifs is 7. The first-order chi connectivity index (χ1) is 32.7. The molecule has 0 saturated heterocycles. The van der Waals surface area contributed by atoms with Crippen LogP contribution in [0.4, 0.5) is 0 Å². The van der Waals surface area contributed by atoms with E-state index in [0.29, 0.717) is 5.82 Å². The average molecular weight is 843 g/mol. The van der Waals surface area contributed by atoms with E-state index in [-0.39, 0.29) is 0 Å². The van der Waals surface area contributed by atoms with E-state index < -0.39 is 0 Å².